The molecule has 0 spiro atoms. The molecule has 8 heteroatoms. The number of rotatable bonds is 6. The van der Waals surface area contributed by atoms with E-state index in [9.17, 15) is 10.1 Å². The van der Waals surface area contributed by atoms with Crippen LogP contribution in [0.2, 0.25) is 0 Å². The van der Waals surface area contributed by atoms with Crippen LogP contribution < -0.4 is 16.4 Å². The van der Waals surface area contributed by atoms with Gasteiger partial charge in [0.05, 0.1) is 4.92 Å². The largest absolute Gasteiger partial charge is 0.399 e. The zero-order valence-corrected chi connectivity index (χ0v) is 13.2. The lowest BCUT2D eigenvalue weighted by molar-refractivity contribution is -0.384. The van der Waals surface area contributed by atoms with E-state index in [0.717, 1.165) is 5.56 Å². The Labute approximate surface area is 143 Å². The number of hydrogen-bond acceptors (Lipinski definition) is 7. The highest BCUT2D eigenvalue weighted by molar-refractivity contribution is 5.69. The van der Waals surface area contributed by atoms with E-state index in [0.29, 0.717) is 23.7 Å². The first-order valence-corrected chi connectivity index (χ1v) is 7.52. The molecular formula is C17H16N6O2. The van der Waals surface area contributed by atoms with Gasteiger partial charge in [-0.05, 0) is 42.0 Å². The summed E-state index contributed by atoms with van der Waals surface area (Å²) in [7, 11) is 0. The minimum Gasteiger partial charge on any atom is -0.399 e. The van der Waals surface area contributed by atoms with E-state index in [4.69, 9.17) is 5.73 Å². The summed E-state index contributed by atoms with van der Waals surface area (Å²) >= 11 is 0. The molecule has 3 aromatic rings. The van der Waals surface area contributed by atoms with Gasteiger partial charge in [-0.3, -0.25) is 15.1 Å². The molecule has 2 aromatic heterocycles. The molecule has 0 aliphatic carbocycles. The molecule has 0 atom stereocenters. The number of nitrogens with two attached hydrogens (primary N) is 1. The van der Waals surface area contributed by atoms with Crippen molar-refractivity contribution in [3.05, 3.63) is 76.6 Å². The van der Waals surface area contributed by atoms with Gasteiger partial charge in [-0.1, -0.05) is 6.07 Å². The molecule has 2 heterocycles. The first-order valence-electron chi connectivity index (χ1n) is 7.52. The summed E-state index contributed by atoms with van der Waals surface area (Å²) < 4.78 is 0. The van der Waals surface area contributed by atoms with Crippen molar-refractivity contribution in [3.63, 3.8) is 0 Å². The zero-order chi connectivity index (χ0) is 17.6. The van der Waals surface area contributed by atoms with Gasteiger partial charge in [-0.2, -0.15) is 0 Å². The quantitative estimate of drug-likeness (QED) is 0.359. The van der Waals surface area contributed by atoms with Crippen molar-refractivity contribution < 1.29 is 4.92 Å². The van der Waals surface area contributed by atoms with Crippen LogP contribution in [0.15, 0.2) is 60.9 Å². The van der Waals surface area contributed by atoms with E-state index in [1.165, 1.54) is 6.07 Å². The highest BCUT2D eigenvalue weighted by Gasteiger charge is 2.16. The number of nitrogens with zero attached hydrogens (tertiary/aromatic N) is 3. The number of anilines is 4. The Morgan fingerprint density at radius 2 is 1.92 bits per heavy atom. The molecule has 0 unspecified atom stereocenters. The molecule has 1 aromatic carbocycles. The molecule has 0 saturated carbocycles. The smallest absolute Gasteiger partial charge is 0.311 e. The van der Waals surface area contributed by atoms with Crippen LogP contribution >= 0.6 is 0 Å². The summed E-state index contributed by atoms with van der Waals surface area (Å²) in [4.78, 5) is 19.0. The minimum absolute atomic E-state index is 0.114. The van der Waals surface area contributed by atoms with Crippen molar-refractivity contribution in [2.45, 2.75) is 6.54 Å². The lowest BCUT2D eigenvalue weighted by Crippen LogP contribution is -2.05. The molecule has 8 nitrogen and oxygen atoms in total. The monoisotopic (exact) mass is 336 g/mol. The average Bonchev–Trinajstić information content (AvgIpc) is 2.61. The predicted octanol–water partition coefficient (Wildman–Crippen LogP) is 3.32. The Balaban J connectivity index is 1.83. The first-order chi connectivity index (χ1) is 12.1. The van der Waals surface area contributed by atoms with E-state index >= 15 is 0 Å². The predicted molar refractivity (Wildman–Crippen MR) is 96.6 cm³/mol. The Morgan fingerprint density at radius 1 is 1.12 bits per heavy atom. The van der Waals surface area contributed by atoms with Crippen LogP contribution in [-0.4, -0.2) is 14.9 Å². The fourth-order valence-corrected chi connectivity index (χ4v) is 2.24. The molecule has 0 bridgehead atoms. The van der Waals surface area contributed by atoms with E-state index < -0.39 is 4.92 Å². The number of nitrogens with one attached hydrogen (secondary N) is 2. The van der Waals surface area contributed by atoms with Crippen LogP contribution in [0.3, 0.4) is 0 Å². The third-order valence-electron chi connectivity index (χ3n) is 3.44. The van der Waals surface area contributed by atoms with Gasteiger partial charge in [0.25, 0.3) is 0 Å². The van der Waals surface area contributed by atoms with E-state index in [1.807, 2.05) is 12.1 Å². The second-order valence-corrected chi connectivity index (χ2v) is 5.28. The second-order valence-electron chi connectivity index (χ2n) is 5.28. The highest BCUT2D eigenvalue weighted by atomic mass is 16.6. The molecule has 0 saturated heterocycles. The summed E-state index contributed by atoms with van der Waals surface area (Å²) in [6, 6.07) is 13.7. The Kier molecular flexibility index (Phi) is 4.70. The average molecular weight is 336 g/mol. The van der Waals surface area contributed by atoms with Crippen molar-refractivity contribution in [1.82, 2.24) is 9.97 Å². The molecule has 4 N–H and O–H groups in total. The molecule has 126 valence electrons. The van der Waals surface area contributed by atoms with Crippen LogP contribution in [0.1, 0.15) is 5.56 Å². The first kappa shape index (κ1) is 16.2. The number of pyridine rings is 2. The summed E-state index contributed by atoms with van der Waals surface area (Å²) in [5, 5.41) is 17.3. The summed E-state index contributed by atoms with van der Waals surface area (Å²) in [6.45, 7) is 0.533. The van der Waals surface area contributed by atoms with Gasteiger partial charge in [0, 0.05) is 36.4 Å². The number of benzene rings is 1. The minimum atomic E-state index is -0.478. The number of nitrogen functional groups attached to an aromatic ring is 1. The topological polar surface area (TPSA) is 119 Å². The van der Waals surface area contributed by atoms with E-state index in [1.54, 1.807) is 42.7 Å². The second kappa shape index (κ2) is 7.26. The van der Waals surface area contributed by atoms with Crippen LogP contribution in [-0.2, 0) is 6.54 Å². The molecule has 0 amide bonds. The van der Waals surface area contributed by atoms with Crippen molar-refractivity contribution in [3.8, 4) is 0 Å². The number of hydrogen-bond donors (Lipinski definition) is 3. The lowest BCUT2D eigenvalue weighted by Gasteiger charge is -2.10. The SMILES string of the molecule is Nc1cccc(Nc2nc(NCc3ccncc3)ccc2[N+](=O)[O-])c1. The van der Waals surface area contributed by atoms with Gasteiger partial charge in [0.15, 0.2) is 0 Å². The number of nitro groups is 1. The summed E-state index contributed by atoms with van der Waals surface area (Å²) in [5.41, 5.74) is 7.84. The van der Waals surface area contributed by atoms with Crippen LogP contribution in [0, 0.1) is 10.1 Å². The highest BCUT2D eigenvalue weighted by Crippen LogP contribution is 2.28. The third kappa shape index (κ3) is 4.20. The maximum absolute atomic E-state index is 11.2. The van der Waals surface area contributed by atoms with Crippen LogP contribution in [0.5, 0.6) is 0 Å². The Hall–Kier alpha value is -3.68. The molecule has 0 aliphatic heterocycles. The van der Waals surface area contributed by atoms with Gasteiger partial charge in [-0.15, -0.1) is 0 Å². The van der Waals surface area contributed by atoms with Crippen molar-refractivity contribution in [2.75, 3.05) is 16.4 Å². The molecule has 0 radical (unpaired) electrons. The maximum atomic E-state index is 11.2. The van der Waals surface area contributed by atoms with E-state index in [2.05, 4.69) is 20.6 Å². The Bertz CT molecular complexity index is 885. The fourth-order valence-electron chi connectivity index (χ4n) is 2.24. The standard InChI is InChI=1S/C17H16N6O2/c18-13-2-1-3-14(10-13)21-17-15(23(24)25)4-5-16(22-17)20-11-12-6-8-19-9-7-12/h1-10H,11,18H2,(H2,20,21,22). The summed E-state index contributed by atoms with van der Waals surface area (Å²) in [5.74, 6) is 0.671. The third-order valence-corrected chi connectivity index (χ3v) is 3.44. The van der Waals surface area contributed by atoms with Crippen LogP contribution in [0.25, 0.3) is 0 Å². The van der Waals surface area contributed by atoms with Crippen molar-refractivity contribution >= 4 is 28.7 Å². The van der Waals surface area contributed by atoms with Gasteiger partial charge < -0.3 is 16.4 Å². The molecule has 25 heavy (non-hydrogen) atoms. The molecule has 0 fully saturated rings. The Morgan fingerprint density at radius 3 is 2.64 bits per heavy atom. The van der Waals surface area contributed by atoms with Crippen LogP contribution in [0.4, 0.5) is 28.7 Å². The fraction of sp³-hybridized carbons (Fsp3) is 0.0588. The van der Waals surface area contributed by atoms with Gasteiger partial charge in [0.1, 0.15) is 5.82 Å². The molecular weight excluding hydrogens is 320 g/mol. The molecule has 0 aliphatic rings. The normalized spacial score (nSPS) is 10.2. The zero-order valence-electron chi connectivity index (χ0n) is 13.2. The van der Waals surface area contributed by atoms with Crippen molar-refractivity contribution in [2.24, 2.45) is 0 Å². The molecule has 3 rings (SSSR count). The van der Waals surface area contributed by atoms with Gasteiger partial charge >= 0.3 is 5.69 Å². The van der Waals surface area contributed by atoms with E-state index in [-0.39, 0.29) is 11.5 Å². The summed E-state index contributed by atoms with van der Waals surface area (Å²) in [6.07, 6.45) is 3.40. The van der Waals surface area contributed by atoms with Gasteiger partial charge in [0.2, 0.25) is 5.82 Å². The number of aromatic nitrogens is 2. The lowest BCUT2D eigenvalue weighted by atomic mass is 10.2. The maximum Gasteiger partial charge on any atom is 0.311 e. The van der Waals surface area contributed by atoms with Gasteiger partial charge in [-0.25, -0.2) is 4.98 Å². The van der Waals surface area contributed by atoms with Crippen molar-refractivity contribution in [1.29, 1.82) is 0 Å².